The van der Waals surface area contributed by atoms with Crippen molar-refractivity contribution in [2.75, 3.05) is 14.1 Å². The smallest absolute Gasteiger partial charge is 0.314 e. The van der Waals surface area contributed by atoms with Crippen LogP contribution in [0.25, 0.3) is 0 Å². The van der Waals surface area contributed by atoms with E-state index in [0.29, 0.717) is 0 Å². The number of aliphatic carboxylic acids is 2. The highest BCUT2D eigenvalue weighted by Gasteiger charge is 2.01. The molecule has 0 fully saturated rings. The molecule has 0 amide bonds. The molecule has 78 valence electrons. The monoisotopic (exact) mass is 193 g/mol. The third-order valence-corrected chi connectivity index (χ3v) is 1.05. The van der Waals surface area contributed by atoms with E-state index in [4.69, 9.17) is 15.3 Å². The van der Waals surface area contributed by atoms with Crippen molar-refractivity contribution in [3.63, 3.8) is 0 Å². The predicted molar refractivity (Wildman–Crippen MR) is 45.3 cm³/mol. The standard InChI is InChI=1S/C4H11NO.C3H4O4/c1-4(6)5(2)3;4-2(5)1-3(6)7/h4,6H,1-3H3;1H2,(H,4,5)(H,6,7). The number of hydrogen-bond acceptors (Lipinski definition) is 4. The molecular weight excluding hydrogens is 178 g/mol. The molecule has 1 atom stereocenters. The highest BCUT2D eigenvalue weighted by molar-refractivity contribution is 5.88. The molecule has 0 heterocycles. The summed E-state index contributed by atoms with van der Waals surface area (Å²) in [5, 5.41) is 24.0. The van der Waals surface area contributed by atoms with Crippen LogP contribution in [0.5, 0.6) is 0 Å². The summed E-state index contributed by atoms with van der Waals surface area (Å²) in [7, 11) is 3.65. The van der Waals surface area contributed by atoms with Crippen LogP contribution >= 0.6 is 0 Å². The Morgan fingerprint density at radius 3 is 1.46 bits per heavy atom. The molecule has 13 heavy (non-hydrogen) atoms. The van der Waals surface area contributed by atoms with E-state index in [1.165, 1.54) is 0 Å². The highest BCUT2D eigenvalue weighted by Crippen LogP contribution is 1.79. The second kappa shape index (κ2) is 7.51. The maximum absolute atomic E-state index is 9.43. The van der Waals surface area contributed by atoms with Gasteiger partial charge in [0.2, 0.25) is 0 Å². The lowest BCUT2D eigenvalue weighted by molar-refractivity contribution is -0.147. The normalized spacial score (nSPS) is 11.5. The van der Waals surface area contributed by atoms with Gasteiger partial charge in [-0.3, -0.25) is 14.5 Å². The van der Waals surface area contributed by atoms with Crippen molar-refractivity contribution >= 4 is 11.9 Å². The van der Waals surface area contributed by atoms with E-state index in [1.54, 1.807) is 11.8 Å². The van der Waals surface area contributed by atoms with Gasteiger partial charge >= 0.3 is 11.9 Å². The number of carbonyl (C=O) groups is 2. The molecule has 3 N–H and O–H groups in total. The van der Waals surface area contributed by atoms with Crippen molar-refractivity contribution < 1.29 is 24.9 Å². The number of aliphatic hydroxyl groups is 1. The maximum Gasteiger partial charge on any atom is 0.314 e. The van der Waals surface area contributed by atoms with Gasteiger partial charge < -0.3 is 15.3 Å². The Bertz CT molecular complexity index is 148. The first-order valence-corrected chi connectivity index (χ1v) is 3.55. The molecule has 0 aliphatic carbocycles. The number of hydrogen-bond donors (Lipinski definition) is 3. The number of carboxylic acids is 2. The molecule has 6 heteroatoms. The van der Waals surface area contributed by atoms with Crippen molar-refractivity contribution in [2.45, 2.75) is 19.6 Å². The first kappa shape index (κ1) is 14.4. The lowest BCUT2D eigenvalue weighted by Crippen LogP contribution is -2.23. The largest absolute Gasteiger partial charge is 0.481 e. The summed E-state index contributed by atoms with van der Waals surface area (Å²) in [6.45, 7) is 1.72. The quantitative estimate of drug-likeness (QED) is 0.410. The van der Waals surface area contributed by atoms with Crippen LogP contribution in [-0.2, 0) is 9.59 Å². The van der Waals surface area contributed by atoms with E-state index in [-0.39, 0.29) is 6.23 Å². The number of rotatable bonds is 3. The molecule has 0 bridgehead atoms. The molecule has 0 aromatic heterocycles. The second-order valence-corrected chi connectivity index (χ2v) is 2.56. The first-order valence-electron chi connectivity index (χ1n) is 3.55. The Morgan fingerprint density at radius 2 is 1.46 bits per heavy atom. The molecule has 0 aliphatic rings. The van der Waals surface area contributed by atoms with Crippen LogP contribution in [0.1, 0.15) is 13.3 Å². The summed E-state index contributed by atoms with van der Waals surface area (Å²) in [4.78, 5) is 20.6. The molecule has 0 aliphatic heterocycles. The summed E-state index contributed by atoms with van der Waals surface area (Å²) < 4.78 is 0. The van der Waals surface area contributed by atoms with E-state index in [1.807, 2.05) is 14.1 Å². The van der Waals surface area contributed by atoms with Crippen molar-refractivity contribution in [1.29, 1.82) is 0 Å². The maximum atomic E-state index is 9.43. The molecule has 6 nitrogen and oxygen atoms in total. The topological polar surface area (TPSA) is 98.1 Å². The summed E-state index contributed by atoms with van der Waals surface area (Å²) in [6.07, 6.45) is -1.12. The number of carboxylic acid groups (broad SMARTS) is 2. The van der Waals surface area contributed by atoms with Crippen molar-refractivity contribution in [1.82, 2.24) is 4.90 Å². The second-order valence-electron chi connectivity index (χ2n) is 2.56. The van der Waals surface area contributed by atoms with Crippen LogP contribution < -0.4 is 0 Å². The van der Waals surface area contributed by atoms with E-state index in [2.05, 4.69) is 0 Å². The average Bonchev–Trinajstić information content (AvgIpc) is 1.84. The van der Waals surface area contributed by atoms with Gasteiger partial charge in [-0.1, -0.05) is 0 Å². The van der Waals surface area contributed by atoms with Crippen LogP contribution in [0.4, 0.5) is 0 Å². The van der Waals surface area contributed by atoms with Gasteiger partial charge in [0.05, 0.1) is 0 Å². The van der Waals surface area contributed by atoms with Crippen LogP contribution in [-0.4, -0.2) is 52.5 Å². The number of aliphatic hydroxyl groups excluding tert-OH is 1. The molecule has 0 aromatic rings. The zero-order chi connectivity index (χ0) is 11.0. The van der Waals surface area contributed by atoms with E-state index < -0.39 is 18.4 Å². The van der Waals surface area contributed by atoms with Gasteiger partial charge in [-0.25, -0.2) is 0 Å². The van der Waals surface area contributed by atoms with E-state index >= 15 is 0 Å². The molecule has 0 aromatic carbocycles. The van der Waals surface area contributed by atoms with Gasteiger partial charge in [0, 0.05) is 0 Å². The van der Waals surface area contributed by atoms with Crippen LogP contribution in [0.3, 0.4) is 0 Å². The minimum absolute atomic E-state index is 0.315. The Kier molecular flexibility index (Phi) is 8.31. The lowest BCUT2D eigenvalue weighted by Gasteiger charge is -2.11. The van der Waals surface area contributed by atoms with Gasteiger partial charge in [-0.15, -0.1) is 0 Å². The average molecular weight is 193 g/mol. The third-order valence-electron chi connectivity index (χ3n) is 1.05. The molecule has 0 saturated carbocycles. The van der Waals surface area contributed by atoms with Gasteiger partial charge in [-0.2, -0.15) is 0 Å². The fourth-order valence-corrected chi connectivity index (χ4v) is 0.129. The molecular formula is C7H15NO5. The summed E-state index contributed by atoms with van der Waals surface area (Å²) in [6, 6.07) is 0. The third kappa shape index (κ3) is 18.1. The highest BCUT2D eigenvalue weighted by atomic mass is 16.4. The van der Waals surface area contributed by atoms with Gasteiger partial charge in [0.25, 0.3) is 0 Å². The minimum Gasteiger partial charge on any atom is -0.481 e. The van der Waals surface area contributed by atoms with Crippen LogP contribution in [0.15, 0.2) is 0 Å². The lowest BCUT2D eigenvalue weighted by atomic mass is 10.5. The molecule has 0 radical (unpaired) electrons. The number of nitrogens with zero attached hydrogens (tertiary/aromatic N) is 1. The van der Waals surface area contributed by atoms with Gasteiger partial charge in [0.15, 0.2) is 0 Å². The van der Waals surface area contributed by atoms with Crippen molar-refractivity contribution in [3.8, 4) is 0 Å². The van der Waals surface area contributed by atoms with Crippen molar-refractivity contribution in [3.05, 3.63) is 0 Å². The summed E-state index contributed by atoms with van der Waals surface area (Å²) in [5.74, 6) is -2.62. The molecule has 0 saturated heterocycles. The molecule has 0 spiro atoms. The zero-order valence-electron chi connectivity index (χ0n) is 7.89. The molecule has 1 unspecified atom stereocenters. The minimum atomic E-state index is -1.31. The SMILES string of the molecule is CC(O)N(C)C.O=C(O)CC(=O)O. The Balaban J connectivity index is 0. The van der Waals surface area contributed by atoms with Gasteiger partial charge in [0.1, 0.15) is 12.6 Å². The Labute approximate surface area is 76.4 Å². The van der Waals surface area contributed by atoms with E-state index in [0.717, 1.165) is 0 Å². The Hall–Kier alpha value is -1.14. The summed E-state index contributed by atoms with van der Waals surface area (Å²) >= 11 is 0. The molecule has 0 rings (SSSR count). The fourth-order valence-electron chi connectivity index (χ4n) is 0.129. The fraction of sp³-hybridized carbons (Fsp3) is 0.714. The van der Waals surface area contributed by atoms with Crippen LogP contribution in [0.2, 0.25) is 0 Å². The first-order chi connectivity index (χ1) is 5.77. The Morgan fingerprint density at radius 1 is 1.23 bits per heavy atom. The zero-order valence-corrected chi connectivity index (χ0v) is 7.89. The van der Waals surface area contributed by atoms with Gasteiger partial charge in [-0.05, 0) is 21.0 Å². The van der Waals surface area contributed by atoms with Crippen LogP contribution in [0, 0.1) is 0 Å². The van der Waals surface area contributed by atoms with Crippen molar-refractivity contribution in [2.24, 2.45) is 0 Å². The van der Waals surface area contributed by atoms with E-state index in [9.17, 15) is 9.59 Å². The predicted octanol–water partition coefficient (Wildman–Crippen LogP) is -0.568. The summed E-state index contributed by atoms with van der Waals surface area (Å²) in [5.41, 5.74) is 0.